The van der Waals surface area contributed by atoms with E-state index in [4.69, 9.17) is 4.74 Å². The van der Waals surface area contributed by atoms with E-state index in [2.05, 4.69) is 39.2 Å². The fourth-order valence-electron chi connectivity index (χ4n) is 3.32. The van der Waals surface area contributed by atoms with Crippen molar-refractivity contribution in [3.63, 3.8) is 0 Å². The summed E-state index contributed by atoms with van der Waals surface area (Å²) in [6.07, 6.45) is 1.79. The van der Waals surface area contributed by atoms with Crippen molar-refractivity contribution in [1.82, 2.24) is 19.3 Å². The quantitative estimate of drug-likeness (QED) is 0.576. The molecule has 0 fully saturated rings. The van der Waals surface area contributed by atoms with Gasteiger partial charge in [0.25, 0.3) is 0 Å². The summed E-state index contributed by atoms with van der Waals surface area (Å²) < 4.78 is 36.2. The van der Waals surface area contributed by atoms with Gasteiger partial charge in [-0.25, -0.2) is 13.1 Å². The van der Waals surface area contributed by atoms with E-state index in [0.29, 0.717) is 18.0 Å². The van der Waals surface area contributed by atoms with Crippen LogP contribution in [0, 0.1) is 6.92 Å². The first kappa shape index (κ1) is 20.1. The molecule has 0 saturated heterocycles. The summed E-state index contributed by atoms with van der Waals surface area (Å²) in [5.41, 5.74) is 2.91. The Bertz CT molecular complexity index is 1150. The van der Waals surface area contributed by atoms with Crippen LogP contribution in [0.25, 0.3) is 0 Å². The molecule has 0 spiro atoms. The highest BCUT2D eigenvalue weighted by Crippen LogP contribution is 2.34. The van der Waals surface area contributed by atoms with Gasteiger partial charge in [-0.05, 0) is 43.2 Å². The molecular formula is C20H21BrN4O3S. The van der Waals surface area contributed by atoms with Crippen LogP contribution in [-0.4, -0.2) is 40.4 Å². The second-order valence-electron chi connectivity index (χ2n) is 7.14. The van der Waals surface area contributed by atoms with Crippen molar-refractivity contribution in [3.8, 4) is 5.75 Å². The molecule has 1 atom stereocenters. The molecule has 9 heteroatoms. The third-order valence-corrected chi connectivity index (χ3v) is 7.45. The van der Waals surface area contributed by atoms with Gasteiger partial charge in [0.2, 0.25) is 10.0 Å². The lowest BCUT2D eigenvalue weighted by Gasteiger charge is -2.24. The van der Waals surface area contributed by atoms with Gasteiger partial charge in [0, 0.05) is 4.47 Å². The van der Waals surface area contributed by atoms with Crippen molar-refractivity contribution in [1.29, 1.82) is 0 Å². The van der Waals surface area contributed by atoms with Crippen LogP contribution in [0.15, 0.2) is 58.0 Å². The van der Waals surface area contributed by atoms with Gasteiger partial charge < -0.3 is 4.74 Å². The maximum atomic E-state index is 13.3. The van der Waals surface area contributed by atoms with Gasteiger partial charge in [-0.2, -0.15) is 4.31 Å². The monoisotopic (exact) mass is 476 g/mol. The number of aromatic nitrogens is 3. The van der Waals surface area contributed by atoms with E-state index in [1.807, 2.05) is 25.1 Å². The zero-order valence-corrected chi connectivity index (χ0v) is 18.5. The lowest BCUT2D eigenvalue weighted by Crippen LogP contribution is -2.39. The second-order valence-corrected chi connectivity index (χ2v) is 9.91. The Morgan fingerprint density at radius 2 is 2.00 bits per heavy atom. The van der Waals surface area contributed by atoms with Gasteiger partial charge >= 0.3 is 0 Å². The third kappa shape index (κ3) is 4.08. The van der Waals surface area contributed by atoms with Crippen LogP contribution in [0.1, 0.15) is 23.7 Å². The van der Waals surface area contributed by atoms with Gasteiger partial charge in [0.15, 0.2) is 0 Å². The zero-order valence-electron chi connectivity index (χ0n) is 16.1. The summed E-state index contributed by atoms with van der Waals surface area (Å²) in [6.45, 7) is 4.86. The topological polar surface area (TPSA) is 77.3 Å². The number of sulfonamides is 1. The standard InChI is InChI=1S/C20H21BrN4O3S/c1-14-5-3-4-6-16(14)10-24-11-18(22-23-24)12-25-15(2)13-28-19-9-17(21)7-8-20(19)29(25,26)27/h3-9,11,15H,10,12-13H2,1-2H3/t15-/m0/s1. The van der Waals surface area contributed by atoms with Crippen molar-refractivity contribution in [3.05, 3.63) is 70.0 Å². The largest absolute Gasteiger partial charge is 0.490 e. The SMILES string of the molecule is Cc1ccccc1Cn1cc(CN2[C@@H](C)COc3cc(Br)ccc3S2(=O)=O)nn1. The smallest absolute Gasteiger partial charge is 0.247 e. The van der Waals surface area contributed by atoms with Crippen molar-refractivity contribution < 1.29 is 13.2 Å². The summed E-state index contributed by atoms with van der Waals surface area (Å²) in [4.78, 5) is 0.164. The summed E-state index contributed by atoms with van der Waals surface area (Å²) >= 11 is 3.36. The molecule has 152 valence electrons. The molecule has 3 aromatic rings. The first-order valence-electron chi connectivity index (χ1n) is 9.22. The zero-order chi connectivity index (χ0) is 20.6. The highest BCUT2D eigenvalue weighted by molar-refractivity contribution is 9.10. The number of hydrogen-bond acceptors (Lipinski definition) is 5. The lowest BCUT2D eigenvalue weighted by atomic mass is 10.1. The predicted molar refractivity (Wildman–Crippen MR) is 112 cm³/mol. The number of fused-ring (bicyclic) bond motifs is 1. The van der Waals surface area contributed by atoms with E-state index in [0.717, 1.165) is 10.0 Å². The van der Waals surface area contributed by atoms with Crippen LogP contribution in [0.4, 0.5) is 0 Å². The molecule has 1 aromatic heterocycles. The molecule has 1 aliphatic rings. The maximum absolute atomic E-state index is 13.3. The highest BCUT2D eigenvalue weighted by atomic mass is 79.9. The Morgan fingerprint density at radius 3 is 2.79 bits per heavy atom. The van der Waals surface area contributed by atoms with Crippen molar-refractivity contribution >= 4 is 26.0 Å². The number of rotatable bonds is 4. The number of ether oxygens (including phenoxy) is 1. The molecule has 2 heterocycles. The van der Waals surface area contributed by atoms with Gasteiger partial charge in [-0.15, -0.1) is 5.10 Å². The molecule has 0 bridgehead atoms. The van der Waals surface area contributed by atoms with Gasteiger partial charge in [0.1, 0.15) is 17.3 Å². The Labute approximate surface area is 178 Å². The Balaban J connectivity index is 1.59. The Hall–Kier alpha value is -2.23. The van der Waals surface area contributed by atoms with Crippen LogP contribution in [0.2, 0.25) is 0 Å². The molecule has 0 saturated carbocycles. The molecule has 0 unspecified atom stereocenters. The van der Waals surface area contributed by atoms with Gasteiger partial charge in [-0.1, -0.05) is 45.4 Å². The van der Waals surface area contributed by atoms with Crippen molar-refractivity contribution in [2.24, 2.45) is 0 Å². The number of hydrogen-bond donors (Lipinski definition) is 0. The normalized spacial score (nSPS) is 18.7. The molecule has 29 heavy (non-hydrogen) atoms. The van der Waals surface area contributed by atoms with Crippen LogP contribution < -0.4 is 4.74 Å². The van der Waals surface area contributed by atoms with Crippen LogP contribution in [0.3, 0.4) is 0 Å². The molecule has 1 aliphatic heterocycles. The van der Waals surface area contributed by atoms with E-state index in [-0.39, 0.29) is 24.1 Å². The minimum absolute atomic E-state index is 0.135. The molecule has 7 nitrogen and oxygen atoms in total. The minimum atomic E-state index is -3.73. The Morgan fingerprint density at radius 1 is 1.21 bits per heavy atom. The Kier molecular flexibility index (Phi) is 5.46. The molecule has 0 aliphatic carbocycles. The summed E-state index contributed by atoms with van der Waals surface area (Å²) in [5, 5.41) is 8.37. The molecule has 0 N–H and O–H groups in total. The number of benzene rings is 2. The average molecular weight is 477 g/mol. The molecule has 2 aromatic carbocycles. The van der Waals surface area contributed by atoms with E-state index >= 15 is 0 Å². The molecular weight excluding hydrogens is 456 g/mol. The van der Waals surface area contributed by atoms with Crippen molar-refractivity contribution in [2.75, 3.05) is 6.61 Å². The van der Waals surface area contributed by atoms with E-state index in [1.165, 1.54) is 9.87 Å². The van der Waals surface area contributed by atoms with E-state index < -0.39 is 10.0 Å². The van der Waals surface area contributed by atoms with E-state index in [1.54, 1.807) is 29.1 Å². The molecule has 0 radical (unpaired) electrons. The predicted octanol–water partition coefficient (Wildman–Crippen LogP) is 3.37. The highest BCUT2D eigenvalue weighted by Gasteiger charge is 2.35. The number of halogens is 1. The summed E-state index contributed by atoms with van der Waals surface area (Å²) in [5.74, 6) is 0.358. The first-order valence-corrected chi connectivity index (χ1v) is 11.5. The van der Waals surface area contributed by atoms with Crippen LogP contribution >= 0.6 is 15.9 Å². The van der Waals surface area contributed by atoms with Gasteiger partial charge in [0.05, 0.1) is 31.0 Å². The molecule has 4 rings (SSSR count). The fourth-order valence-corrected chi connectivity index (χ4v) is 5.36. The first-order chi connectivity index (χ1) is 13.8. The van der Waals surface area contributed by atoms with Crippen LogP contribution in [0.5, 0.6) is 5.75 Å². The summed E-state index contributed by atoms with van der Waals surface area (Å²) in [6, 6.07) is 12.7. The van der Waals surface area contributed by atoms with Crippen LogP contribution in [-0.2, 0) is 23.1 Å². The molecule has 0 amide bonds. The maximum Gasteiger partial charge on any atom is 0.247 e. The average Bonchev–Trinajstić information content (AvgIpc) is 3.09. The van der Waals surface area contributed by atoms with E-state index in [9.17, 15) is 8.42 Å². The minimum Gasteiger partial charge on any atom is -0.490 e. The fraction of sp³-hybridized carbons (Fsp3) is 0.300. The van der Waals surface area contributed by atoms with Gasteiger partial charge in [-0.3, -0.25) is 0 Å². The van der Waals surface area contributed by atoms with Crippen molar-refractivity contribution in [2.45, 2.75) is 37.9 Å². The summed E-state index contributed by atoms with van der Waals surface area (Å²) in [7, 11) is -3.73. The number of aryl methyl sites for hydroxylation is 1. The lowest BCUT2D eigenvalue weighted by molar-refractivity contribution is 0.219. The third-order valence-electron chi connectivity index (χ3n) is 4.96. The number of nitrogens with zero attached hydrogens (tertiary/aromatic N) is 4. The second kappa shape index (κ2) is 7.89.